The van der Waals surface area contributed by atoms with Gasteiger partial charge in [-0.3, -0.25) is 0 Å². The van der Waals surface area contributed by atoms with Gasteiger partial charge in [0, 0.05) is 19.1 Å². The van der Waals surface area contributed by atoms with Crippen molar-refractivity contribution in [3.8, 4) is 0 Å². The van der Waals surface area contributed by atoms with Crippen molar-refractivity contribution in [2.24, 2.45) is 5.92 Å². The molecule has 0 atom stereocenters. The van der Waals surface area contributed by atoms with Gasteiger partial charge in [0.15, 0.2) is 0 Å². The minimum absolute atomic E-state index is 0.294. The second kappa shape index (κ2) is 7.69. The lowest BCUT2D eigenvalue weighted by Crippen LogP contribution is -2.34. The van der Waals surface area contributed by atoms with Crippen molar-refractivity contribution < 1.29 is 10.2 Å². The van der Waals surface area contributed by atoms with E-state index in [0.717, 1.165) is 24.9 Å². The van der Waals surface area contributed by atoms with Gasteiger partial charge in [-0.1, -0.05) is 67.8 Å². The van der Waals surface area contributed by atoms with Crippen molar-refractivity contribution >= 4 is 16.1 Å². The van der Waals surface area contributed by atoms with Crippen molar-refractivity contribution in [1.82, 2.24) is 0 Å². The van der Waals surface area contributed by atoms with Crippen LogP contribution in [0.3, 0.4) is 0 Å². The van der Waals surface area contributed by atoms with E-state index in [2.05, 4.69) is 57.4 Å². The van der Waals surface area contributed by atoms with Gasteiger partial charge in [0.1, 0.15) is 0 Å². The minimum atomic E-state index is -1.56. The zero-order valence-corrected chi connectivity index (χ0v) is 18.0. The first-order valence-electron chi connectivity index (χ1n) is 9.28. The second-order valence-electron chi connectivity index (χ2n) is 8.46. The molecule has 0 fully saturated rings. The van der Waals surface area contributed by atoms with E-state index in [0.29, 0.717) is 19.1 Å². The van der Waals surface area contributed by atoms with E-state index in [9.17, 15) is 10.2 Å². The van der Waals surface area contributed by atoms with Gasteiger partial charge >= 0.3 is 0 Å². The van der Waals surface area contributed by atoms with E-state index < -0.39 is 16.1 Å². The number of hydrogen-bond acceptors (Lipinski definition) is 2. The van der Waals surface area contributed by atoms with Gasteiger partial charge in [-0.15, -0.1) is 0 Å². The van der Waals surface area contributed by atoms with E-state index in [-0.39, 0.29) is 0 Å². The fraction of sp³-hybridized carbons (Fsp3) is 0.600. The van der Waals surface area contributed by atoms with Crippen molar-refractivity contribution in [2.45, 2.75) is 58.0 Å². The Hall–Kier alpha value is -0.686. The smallest absolute Gasteiger partial charge is 0.0828 e. The van der Waals surface area contributed by atoms with Gasteiger partial charge in [0.2, 0.25) is 0 Å². The summed E-state index contributed by atoms with van der Waals surface area (Å²) in [4.78, 5) is 0. The molecule has 0 aromatic carbocycles. The fourth-order valence-corrected chi connectivity index (χ4v) is 9.41. The molecule has 0 aliphatic heterocycles. The maximum absolute atomic E-state index is 9.46. The number of aliphatic hydroxyl groups excluding tert-OH is 2. The van der Waals surface area contributed by atoms with Crippen LogP contribution in [-0.2, 0) is 0 Å². The molecule has 24 heavy (non-hydrogen) atoms. The molecule has 0 saturated heterocycles. The molecule has 0 aromatic heterocycles. The molecule has 0 unspecified atom stereocenters. The summed E-state index contributed by atoms with van der Waals surface area (Å²) in [7, 11) is -3.13. The summed E-state index contributed by atoms with van der Waals surface area (Å²) in [5.74, 6) is 0.434. The highest BCUT2D eigenvalue weighted by Gasteiger charge is 2.36. The number of rotatable bonds is 8. The van der Waals surface area contributed by atoms with E-state index >= 15 is 0 Å². The third-order valence-corrected chi connectivity index (χ3v) is 12.7. The quantitative estimate of drug-likeness (QED) is 0.619. The van der Waals surface area contributed by atoms with Crippen LogP contribution < -0.4 is 0 Å². The summed E-state index contributed by atoms with van der Waals surface area (Å²) in [5.41, 5.74) is 3.01. The van der Waals surface area contributed by atoms with Crippen molar-refractivity contribution in [2.75, 3.05) is 13.2 Å². The SMILES string of the molecule is CC(C1=CCC=C1[Si](C)(C)CCO)C1=CCC=C1[Si](C)(C)CCO. The highest BCUT2D eigenvalue weighted by atomic mass is 28.3. The average Bonchev–Trinajstić information content (AvgIpc) is 3.16. The van der Waals surface area contributed by atoms with Crippen LogP contribution >= 0.6 is 0 Å². The highest BCUT2D eigenvalue weighted by Crippen LogP contribution is 2.43. The van der Waals surface area contributed by atoms with Crippen LogP contribution in [0.4, 0.5) is 0 Å². The monoisotopic (exact) mass is 362 g/mol. The molecule has 0 radical (unpaired) electrons. The lowest BCUT2D eigenvalue weighted by molar-refractivity contribution is 0.316. The second-order valence-corrected chi connectivity index (χ2v) is 18.1. The molecule has 0 saturated carbocycles. The summed E-state index contributed by atoms with van der Waals surface area (Å²) in [6, 6.07) is 1.88. The van der Waals surface area contributed by atoms with Gasteiger partial charge in [-0.25, -0.2) is 0 Å². The zero-order chi connectivity index (χ0) is 18.0. The lowest BCUT2D eigenvalue weighted by Gasteiger charge is -2.33. The summed E-state index contributed by atoms with van der Waals surface area (Å²) in [6.45, 7) is 12.5. The van der Waals surface area contributed by atoms with Crippen LogP contribution in [0.15, 0.2) is 45.8 Å². The lowest BCUT2D eigenvalue weighted by atomic mass is 9.93. The molecular weight excluding hydrogens is 328 g/mol. The van der Waals surface area contributed by atoms with E-state index in [1.54, 1.807) is 10.4 Å². The highest BCUT2D eigenvalue weighted by molar-refractivity contribution is 6.86. The number of allylic oxidation sites excluding steroid dienone is 8. The topological polar surface area (TPSA) is 40.5 Å². The third kappa shape index (κ3) is 3.93. The Labute approximate surface area is 149 Å². The summed E-state index contributed by atoms with van der Waals surface area (Å²) in [6.07, 6.45) is 11.7. The molecule has 4 heteroatoms. The molecular formula is C20H34O2Si2. The average molecular weight is 363 g/mol. The molecule has 0 bridgehead atoms. The first-order valence-corrected chi connectivity index (χ1v) is 15.7. The first-order chi connectivity index (χ1) is 11.2. The van der Waals surface area contributed by atoms with Crippen LogP contribution in [0.2, 0.25) is 38.3 Å². The Morgan fingerprint density at radius 1 is 0.792 bits per heavy atom. The van der Waals surface area contributed by atoms with Gasteiger partial charge in [-0.05, 0) is 36.1 Å². The van der Waals surface area contributed by atoms with Crippen molar-refractivity contribution in [3.05, 3.63) is 45.8 Å². The van der Waals surface area contributed by atoms with Crippen LogP contribution in [0, 0.1) is 5.92 Å². The summed E-state index contributed by atoms with van der Waals surface area (Å²) >= 11 is 0. The van der Waals surface area contributed by atoms with Gasteiger partial charge < -0.3 is 10.2 Å². The maximum Gasteiger partial charge on any atom is 0.0828 e. The van der Waals surface area contributed by atoms with Gasteiger partial charge in [0.05, 0.1) is 16.1 Å². The van der Waals surface area contributed by atoms with E-state index in [1.165, 1.54) is 11.1 Å². The zero-order valence-electron chi connectivity index (χ0n) is 16.0. The molecule has 134 valence electrons. The molecule has 0 aromatic rings. The van der Waals surface area contributed by atoms with Crippen molar-refractivity contribution in [1.29, 1.82) is 0 Å². The normalized spacial score (nSPS) is 18.7. The standard InChI is InChI=1S/C20H34O2Si2/c1-16(17-8-6-10-19(17)23(2,3)14-12-21)18-9-7-11-20(18)24(4,5)15-13-22/h8-11,16,21-22H,6-7,12-15H2,1-5H3. The Morgan fingerprint density at radius 3 is 1.50 bits per heavy atom. The Balaban J connectivity index is 2.25. The predicted octanol–water partition coefficient (Wildman–Crippen LogP) is 4.62. The molecule has 0 spiro atoms. The summed E-state index contributed by atoms with van der Waals surface area (Å²) in [5, 5.41) is 22.0. The number of hydrogen-bond donors (Lipinski definition) is 2. The molecule has 2 rings (SSSR count). The van der Waals surface area contributed by atoms with Crippen LogP contribution in [-0.4, -0.2) is 39.6 Å². The van der Waals surface area contributed by atoms with Crippen LogP contribution in [0.5, 0.6) is 0 Å². The molecule has 0 amide bonds. The summed E-state index contributed by atoms with van der Waals surface area (Å²) < 4.78 is 0. The van der Waals surface area contributed by atoms with Gasteiger partial charge in [-0.2, -0.15) is 0 Å². The Bertz CT molecular complexity index is 543. The number of aliphatic hydroxyl groups is 2. The largest absolute Gasteiger partial charge is 0.397 e. The molecule has 2 nitrogen and oxygen atoms in total. The Kier molecular flexibility index (Phi) is 6.29. The fourth-order valence-electron chi connectivity index (χ4n) is 4.21. The molecule has 2 aliphatic rings. The minimum Gasteiger partial charge on any atom is -0.397 e. The molecule has 2 aliphatic carbocycles. The van der Waals surface area contributed by atoms with Crippen molar-refractivity contribution in [3.63, 3.8) is 0 Å². The Morgan fingerprint density at radius 2 is 1.17 bits per heavy atom. The predicted molar refractivity (Wildman–Crippen MR) is 109 cm³/mol. The molecule has 0 heterocycles. The third-order valence-electron chi connectivity index (χ3n) is 5.81. The van der Waals surface area contributed by atoms with Gasteiger partial charge in [0.25, 0.3) is 0 Å². The van der Waals surface area contributed by atoms with Crippen LogP contribution in [0.1, 0.15) is 19.8 Å². The first kappa shape index (κ1) is 19.6. The van der Waals surface area contributed by atoms with E-state index in [1.807, 2.05) is 0 Å². The van der Waals surface area contributed by atoms with Crippen LogP contribution in [0.25, 0.3) is 0 Å². The van der Waals surface area contributed by atoms with E-state index in [4.69, 9.17) is 0 Å². The maximum atomic E-state index is 9.46. The molecule has 2 N–H and O–H groups in total.